The van der Waals surface area contributed by atoms with Gasteiger partial charge in [0.05, 0.1) is 0 Å². The summed E-state index contributed by atoms with van der Waals surface area (Å²) in [6.07, 6.45) is 7.23. The van der Waals surface area contributed by atoms with Gasteiger partial charge in [-0.1, -0.05) is 12.8 Å². The van der Waals surface area contributed by atoms with Gasteiger partial charge in [-0.15, -0.1) is 24.0 Å². The van der Waals surface area contributed by atoms with Gasteiger partial charge in [0.1, 0.15) is 5.60 Å². The maximum absolute atomic E-state index is 11.7. The average molecular weight is 524 g/mol. The molecule has 1 amide bonds. The van der Waals surface area contributed by atoms with Crippen molar-refractivity contribution in [2.24, 2.45) is 10.9 Å². The van der Waals surface area contributed by atoms with E-state index in [4.69, 9.17) is 4.74 Å². The third kappa shape index (κ3) is 13.0. The SMILES string of the molecule is CN=C(NCCCCCCC(=O)OC(C)(C)C)N1CCC(CC(=O)NC)CC1.I. The van der Waals surface area contributed by atoms with Crippen LogP contribution in [0.2, 0.25) is 0 Å². The molecule has 0 aliphatic carbocycles. The average Bonchev–Trinajstić information content (AvgIpc) is 2.63. The van der Waals surface area contributed by atoms with E-state index in [-0.39, 0.29) is 35.9 Å². The summed E-state index contributed by atoms with van der Waals surface area (Å²) in [6.45, 7) is 8.46. The number of nitrogens with one attached hydrogen (secondary N) is 2. The van der Waals surface area contributed by atoms with Crippen molar-refractivity contribution in [1.82, 2.24) is 15.5 Å². The summed E-state index contributed by atoms with van der Waals surface area (Å²) in [4.78, 5) is 29.9. The topological polar surface area (TPSA) is 83.0 Å². The van der Waals surface area contributed by atoms with Crippen LogP contribution in [0.1, 0.15) is 72.1 Å². The molecule has 1 aliphatic heterocycles. The molecule has 0 aromatic heterocycles. The first-order chi connectivity index (χ1) is 13.2. The van der Waals surface area contributed by atoms with Crippen molar-refractivity contribution in [2.75, 3.05) is 33.7 Å². The van der Waals surface area contributed by atoms with Crippen molar-refractivity contribution in [3.63, 3.8) is 0 Å². The Balaban J connectivity index is 0.00000784. The van der Waals surface area contributed by atoms with Gasteiger partial charge < -0.3 is 20.3 Å². The van der Waals surface area contributed by atoms with Crippen LogP contribution in [0.3, 0.4) is 0 Å². The van der Waals surface area contributed by atoms with Gasteiger partial charge in [-0.3, -0.25) is 14.6 Å². The van der Waals surface area contributed by atoms with Crippen LogP contribution in [0.15, 0.2) is 4.99 Å². The van der Waals surface area contributed by atoms with Gasteiger partial charge in [-0.2, -0.15) is 0 Å². The number of carbonyl (C=O) groups is 2. The highest BCUT2D eigenvalue weighted by molar-refractivity contribution is 14.0. The lowest BCUT2D eigenvalue weighted by molar-refractivity contribution is -0.154. The van der Waals surface area contributed by atoms with E-state index in [0.717, 1.165) is 64.1 Å². The van der Waals surface area contributed by atoms with Gasteiger partial charge >= 0.3 is 5.97 Å². The number of halogens is 1. The molecule has 0 spiro atoms. The van der Waals surface area contributed by atoms with Gasteiger partial charge in [-0.25, -0.2) is 0 Å². The molecular weight excluding hydrogens is 483 g/mol. The second-order valence-electron chi connectivity index (χ2n) is 8.53. The standard InChI is InChI=1S/C21H40N4O3.HI/c1-21(2,3)28-19(27)10-8-6-7-9-13-24-20(23-5)25-14-11-17(12-15-25)16-18(26)22-4;/h17H,6-16H2,1-5H3,(H,22,26)(H,23,24);1H. The molecule has 0 radical (unpaired) electrons. The molecule has 0 atom stereocenters. The number of piperidine rings is 1. The molecule has 1 aliphatic rings. The Kier molecular flexibility index (Phi) is 14.3. The number of rotatable bonds is 9. The van der Waals surface area contributed by atoms with Gasteiger partial charge in [0, 0.05) is 46.6 Å². The van der Waals surface area contributed by atoms with Crippen LogP contribution in [0.25, 0.3) is 0 Å². The number of nitrogens with zero attached hydrogens (tertiary/aromatic N) is 2. The van der Waals surface area contributed by atoms with Crippen LogP contribution in [-0.4, -0.2) is 62.1 Å². The largest absolute Gasteiger partial charge is 0.460 e. The number of ether oxygens (including phenoxy) is 1. The lowest BCUT2D eigenvalue weighted by Gasteiger charge is -2.34. The van der Waals surface area contributed by atoms with Gasteiger partial charge in [-0.05, 0) is 52.4 Å². The number of unbranched alkanes of at least 4 members (excludes halogenated alkanes) is 3. The van der Waals surface area contributed by atoms with Crippen molar-refractivity contribution in [1.29, 1.82) is 0 Å². The van der Waals surface area contributed by atoms with Crippen molar-refractivity contribution in [3.8, 4) is 0 Å². The minimum Gasteiger partial charge on any atom is -0.460 e. The molecule has 8 heteroatoms. The normalized spacial score (nSPS) is 15.5. The van der Waals surface area contributed by atoms with Gasteiger partial charge in [0.15, 0.2) is 5.96 Å². The van der Waals surface area contributed by atoms with Crippen molar-refractivity contribution in [2.45, 2.75) is 77.7 Å². The van der Waals surface area contributed by atoms with Crippen LogP contribution in [0.5, 0.6) is 0 Å². The fraction of sp³-hybridized carbons (Fsp3) is 0.857. The van der Waals surface area contributed by atoms with Crippen LogP contribution in [-0.2, 0) is 14.3 Å². The number of hydrogen-bond donors (Lipinski definition) is 2. The summed E-state index contributed by atoms with van der Waals surface area (Å²) in [5, 5.41) is 6.15. The number of carbonyl (C=O) groups excluding carboxylic acids is 2. The van der Waals surface area contributed by atoms with Crippen LogP contribution in [0, 0.1) is 5.92 Å². The molecule has 1 fully saturated rings. The van der Waals surface area contributed by atoms with Crippen LogP contribution in [0.4, 0.5) is 0 Å². The zero-order valence-electron chi connectivity index (χ0n) is 18.9. The van der Waals surface area contributed by atoms with E-state index in [1.165, 1.54) is 0 Å². The van der Waals surface area contributed by atoms with E-state index in [0.29, 0.717) is 18.8 Å². The minimum atomic E-state index is -0.395. The molecule has 0 bridgehead atoms. The molecule has 29 heavy (non-hydrogen) atoms. The zero-order chi connectivity index (χ0) is 21.0. The van der Waals surface area contributed by atoms with Crippen LogP contribution >= 0.6 is 24.0 Å². The fourth-order valence-electron chi connectivity index (χ4n) is 3.39. The van der Waals surface area contributed by atoms with E-state index < -0.39 is 5.60 Å². The Hall–Kier alpha value is -1.06. The Bertz CT molecular complexity index is 513. The predicted octanol–water partition coefficient (Wildman–Crippen LogP) is 3.32. The quantitative estimate of drug-likeness (QED) is 0.159. The highest BCUT2D eigenvalue weighted by Crippen LogP contribution is 2.20. The number of aliphatic imine (C=N–C) groups is 1. The Labute approximate surface area is 193 Å². The predicted molar refractivity (Wildman–Crippen MR) is 129 cm³/mol. The molecule has 1 saturated heterocycles. The molecule has 1 heterocycles. The molecule has 0 unspecified atom stereocenters. The van der Waals surface area contributed by atoms with Crippen molar-refractivity contribution < 1.29 is 14.3 Å². The molecule has 2 N–H and O–H groups in total. The third-order valence-electron chi connectivity index (χ3n) is 4.89. The van der Waals surface area contributed by atoms with Crippen molar-refractivity contribution >= 4 is 41.8 Å². The lowest BCUT2D eigenvalue weighted by atomic mass is 9.93. The van der Waals surface area contributed by atoms with E-state index in [1.807, 2.05) is 27.8 Å². The molecule has 0 aromatic rings. The molecule has 0 aromatic carbocycles. The van der Waals surface area contributed by atoms with E-state index in [1.54, 1.807) is 7.05 Å². The summed E-state index contributed by atoms with van der Waals surface area (Å²) in [5.74, 6) is 1.45. The summed E-state index contributed by atoms with van der Waals surface area (Å²) in [7, 11) is 3.51. The Morgan fingerprint density at radius 2 is 1.72 bits per heavy atom. The summed E-state index contributed by atoms with van der Waals surface area (Å²) in [5.41, 5.74) is -0.395. The number of guanidine groups is 1. The third-order valence-corrected chi connectivity index (χ3v) is 4.89. The Morgan fingerprint density at radius 3 is 2.28 bits per heavy atom. The summed E-state index contributed by atoms with van der Waals surface area (Å²) in [6, 6.07) is 0. The first kappa shape index (κ1) is 27.9. The second kappa shape index (κ2) is 14.8. The molecule has 170 valence electrons. The summed E-state index contributed by atoms with van der Waals surface area (Å²) < 4.78 is 5.32. The first-order valence-corrected chi connectivity index (χ1v) is 10.6. The van der Waals surface area contributed by atoms with Gasteiger partial charge in [0.2, 0.25) is 5.91 Å². The smallest absolute Gasteiger partial charge is 0.306 e. The van der Waals surface area contributed by atoms with E-state index in [2.05, 4.69) is 20.5 Å². The maximum atomic E-state index is 11.7. The fourth-order valence-corrected chi connectivity index (χ4v) is 3.39. The zero-order valence-corrected chi connectivity index (χ0v) is 21.2. The van der Waals surface area contributed by atoms with E-state index >= 15 is 0 Å². The molecule has 7 nitrogen and oxygen atoms in total. The van der Waals surface area contributed by atoms with E-state index in [9.17, 15) is 9.59 Å². The molecular formula is C21H41IN4O3. The first-order valence-electron chi connectivity index (χ1n) is 10.6. The van der Waals surface area contributed by atoms with Gasteiger partial charge in [0.25, 0.3) is 0 Å². The van der Waals surface area contributed by atoms with Crippen molar-refractivity contribution in [3.05, 3.63) is 0 Å². The highest BCUT2D eigenvalue weighted by Gasteiger charge is 2.22. The number of esters is 1. The number of likely N-dealkylation sites (tertiary alicyclic amines) is 1. The number of hydrogen-bond acceptors (Lipinski definition) is 4. The molecule has 0 saturated carbocycles. The minimum absolute atomic E-state index is 0. The second-order valence-corrected chi connectivity index (χ2v) is 8.53. The van der Waals surface area contributed by atoms with Crippen LogP contribution < -0.4 is 10.6 Å². The summed E-state index contributed by atoms with van der Waals surface area (Å²) >= 11 is 0. The maximum Gasteiger partial charge on any atom is 0.306 e. The number of amides is 1. The lowest BCUT2D eigenvalue weighted by Crippen LogP contribution is -2.46. The Morgan fingerprint density at radius 1 is 1.10 bits per heavy atom. The molecule has 1 rings (SSSR count). The monoisotopic (exact) mass is 524 g/mol. The highest BCUT2D eigenvalue weighted by atomic mass is 127.